The van der Waals surface area contributed by atoms with Crippen LogP contribution in [0, 0.1) is 6.92 Å². The molecule has 0 saturated carbocycles. The zero-order valence-corrected chi connectivity index (χ0v) is 14.5. The Hall–Kier alpha value is -2.56. The number of carbonyl (C=O) groups is 1. The number of likely N-dealkylation sites (tertiary alicyclic amines) is 1. The third kappa shape index (κ3) is 3.31. The maximum atomic E-state index is 12.8. The highest BCUT2D eigenvalue weighted by Crippen LogP contribution is 2.31. The third-order valence-electron chi connectivity index (χ3n) is 4.93. The van der Waals surface area contributed by atoms with E-state index in [1.807, 2.05) is 48.2 Å². The van der Waals surface area contributed by atoms with Crippen LogP contribution >= 0.6 is 0 Å². The number of para-hydroxylation sites is 2. The first-order valence-electron chi connectivity index (χ1n) is 9.00. The zero-order chi connectivity index (χ0) is 17.2. The number of hydrogen-bond donors (Lipinski definition) is 1. The maximum absolute atomic E-state index is 12.8. The average Bonchev–Trinajstić information content (AvgIpc) is 3.25. The van der Waals surface area contributed by atoms with Crippen LogP contribution in [0.3, 0.4) is 0 Å². The van der Waals surface area contributed by atoms with Crippen molar-refractivity contribution in [2.24, 2.45) is 0 Å². The summed E-state index contributed by atoms with van der Waals surface area (Å²) in [6.07, 6.45) is 4.27. The molecule has 1 N–H and O–H groups in total. The smallest absolute Gasteiger partial charge is 0.223 e. The molecule has 3 heterocycles. The van der Waals surface area contributed by atoms with Gasteiger partial charge in [-0.1, -0.05) is 12.1 Å². The normalized spacial score (nSPS) is 18.0. The van der Waals surface area contributed by atoms with E-state index in [0.29, 0.717) is 12.8 Å². The summed E-state index contributed by atoms with van der Waals surface area (Å²) in [6.45, 7) is 2.73. The third-order valence-corrected chi connectivity index (χ3v) is 4.93. The van der Waals surface area contributed by atoms with Gasteiger partial charge in [-0.3, -0.25) is 4.79 Å². The lowest BCUT2D eigenvalue weighted by Crippen LogP contribution is -2.39. The van der Waals surface area contributed by atoms with Gasteiger partial charge in [-0.15, -0.1) is 0 Å². The molecule has 0 bridgehead atoms. The summed E-state index contributed by atoms with van der Waals surface area (Å²) in [4.78, 5) is 22.9. The molecule has 4 rings (SSSR count). The van der Waals surface area contributed by atoms with Crippen LogP contribution in [-0.4, -0.2) is 27.3 Å². The van der Waals surface area contributed by atoms with Gasteiger partial charge in [0.05, 0.1) is 17.1 Å². The molecular weight excluding hydrogens is 314 g/mol. The highest BCUT2D eigenvalue weighted by Gasteiger charge is 2.30. The predicted molar refractivity (Wildman–Crippen MR) is 96.2 cm³/mol. The summed E-state index contributed by atoms with van der Waals surface area (Å²) in [6, 6.07) is 12.0. The van der Waals surface area contributed by atoms with E-state index in [2.05, 4.69) is 4.98 Å². The molecule has 1 atom stereocenters. The number of nitrogens with zero attached hydrogens (tertiary/aromatic N) is 2. The summed E-state index contributed by atoms with van der Waals surface area (Å²) in [5, 5.41) is 0. The number of carbonyl (C=O) groups excluding carboxylic acids is 1. The van der Waals surface area contributed by atoms with Crippen molar-refractivity contribution >= 4 is 16.9 Å². The summed E-state index contributed by atoms with van der Waals surface area (Å²) < 4.78 is 5.58. The number of aromatic amines is 1. The number of benzene rings is 1. The number of aryl methyl sites for hydroxylation is 2. The predicted octanol–water partition coefficient (Wildman–Crippen LogP) is 4.15. The molecule has 1 fully saturated rings. The van der Waals surface area contributed by atoms with Gasteiger partial charge in [0.25, 0.3) is 0 Å². The van der Waals surface area contributed by atoms with E-state index >= 15 is 0 Å². The Balaban J connectivity index is 1.50. The number of piperidine rings is 1. The van der Waals surface area contributed by atoms with Gasteiger partial charge in [-0.05, 0) is 50.5 Å². The van der Waals surface area contributed by atoms with Crippen LogP contribution in [0.25, 0.3) is 11.0 Å². The standard InChI is InChI=1S/C20H23N3O2/c1-14-9-10-15(25-14)11-12-19(24)23-13-5-4-8-18(23)20-21-16-6-2-3-7-17(16)22-20/h2-3,6-7,9-10,18H,4-5,8,11-13H2,1H3,(H,21,22). The van der Waals surface area contributed by atoms with E-state index in [1.165, 1.54) is 0 Å². The van der Waals surface area contributed by atoms with Crippen LogP contribution in [-0.2, 0) is 11.2 Å². The zero-order valence-electron chi connectivity index (χ0n) is 14.5. The SMILES string of the molecule is Cc1ccc(CCC(=O)N2CCCCC2c2nc3ccccc3[nH]2)o1. The van der Waals surface area contributed by atoms with Gasteiger partial charge in [0.2, 0.25) is 5.91 Å². The number of fused-ring (bicyclic) bond motifs is 1. The van der Waals surface area contributed by atoms with Crippen molar-refractivity contribution in [2.75, 3.05) is 6.54 Å². The number of amides is 1. The van der Waals surface area contributed by atoms with Crippen LogP contribution in [0.5, 0.6) is 0 Å². The molecule has 1 aliphatic rings. The molecule has 25 heavy (non-hydrogen) atoms. The lowest BCUT2D eigenvalue weighted by Gasteiger charge is -2.34. The Morgan fingerprint density at radius 1 is 1.28 bits per heavy atom. The molecule has 1 aromatic carbocycles. The number of aromatic nitrogens is 2. The molecule has 130 valence electrons. The largest absolute Gasteiger partial charge is 0.466 e. The van der Waals surface area contributed by atoms with Crippen molar-refractivity contribution in [2.45, 2.75) is 45.1 Å². The molecule has 0 spiro atoms. The minimum atomic E-state index is 0.0481. The fourth-order valence-corrected chi connectivity index (χ4v) is 3.64. The first-order chi connectivity index (χ1) is 12.2. The molecule has 1 saturated heterocycles. The second kappa shape index (κ2) is 6.75. The minimum absolute atomic E-state index is 0.0481. The molecule has 2 aromatic heterocycles. The monoisotopic (exact) mass is 337 g/mol. The van der Waals surface area contributed by atoms with Gasteiger partial charge in [-0.25, -0.2) is 4.98 Å². The number of imidazole rings is 1. The number of nitrogens with one attached hydrogen (secondary N) is 1. The fourth-order valence-electron chi connectivity index (χ4n) is 3.64. The number of furan rings is 1. The molecule has 3 aromatic rings. The van der Waals surface area contributed by atoms with Crippen molar-refractivity contribution < 1.29 is 9.21 Å². The summed E-state index contributed by atoms with van der Waals surface area (Å²) >= 11 is 0. The highest BCUT2D eigenvalue weighted by atomic mass is 16.3. The second-order valence-corrected chi connectivity index (χ2v) is 6.75. The Labute approximate surface area is 147 Å². The first kappa shape index (κ1) is 15.9. The molecule has 0 radical (unpaired) electrons. The summed E-state index contributed by atoms with van der Waals surface area (Å²) in [5.74, 6) is 2.85. The van der Waals surface area contributed by atoms with Crippen LogP contribution in [0.1, 0.15) is 49.1 Å². The second-order valence-electron chi connectivity index (χ2n) is 6.75. The molecule has 5 nitrogen and oxygen atoms in total. The maximum Gasteiger partial charge on any atom is 0.223 e. The van der Waals surface area contributed by atoms with E-state index in [1.54, 1.807) is 0 Å². The van der Waals surface area contributed by atoms with Gasteiger partial charge in [0.1, 0.15) is 17.3 Å². The molecule has 0 aliphatic carbocycles. The fraction of sp³-hybridized carbons (Fsp3) is 0.400. The van der Waals surface area contributed by atoms with E-state index < -0.39 is 0 Å². The van der Waals surface area contributed by atoms with Crippen LogP contribution in [0.4, 0.5) is 0 Å². The van der Waals surface area contributed by atoms with Gasteiger partial charge in [0.15, 0.2) is 0 Å². The topological polar surface area (TPSA) is 62.1 Å². The van der Waals surface area contributed by atoms with Crippen LogP contribution in [0.2, 0.25) is 0 Å². The molecular formula is C20H23N3O2. The summed E-state index contributed by atoms with van der Waals surface area (Å²) in [5.41, 5.74) is 1.99. The summed E-state index contributed by atoms with van der Waals surface area (Å²) in [7, 11) is 0. The lowest BCUT2D eigenvalue weighted by atomic mass is 10.0. The van der Waals surface area contributed by atoms with E-state index in [9.17, 15) is 4.79 Å². The molecule has 1 unspecified atom stereocenters. The van der Waals surface area contributed by atoms with Gasteiger partial charge in [-0.2, -0.15) is 0 Å². The van der Waals surface area contributed by atoms with Crippen LogP contribution < -0.4 is 0 Å². The van der Waals surface area contributed by atoms with Crippen molar-refractivity contribution in [3.63, 3.8) is 0 Å². The van der Waals surface area contributed by atoms with Gasteiger partial charge >= 0.3 is 0 Å². The van der Waals surface area contributed by atoms with Crippen molar-refractivity contribution in [1.29, 1.82) is 0 Å². The Morgan fingerprint density at radius 2 is 2.16 bits per heavy atom. The first-order valence-corrected chi connectivity index (χ1v) is 9.00. The number of rotatable bonds is 4. The molecule has 1 aliphatic heterocycles. The lowest BCUT2D eigenvalue weighted by molar-refractivity contribution is -0.135. The van der Waals surface area contributed by atoms with Crippen molar-refractivity contribution in [3.8, 4) is 0 Å². The van der Waals surface area contributed by atoms with Crippen LogP contribution in [0.15, 0.2) is 40.8 Å². The van der Waals surface area contributed by atoms with E-state index in [0.717, 1.165) is 54.2 Å². The van der Waals surface area contributed by atoms with Gasteiger partial charge < -0.3 is 14.3 Å². The number of hydrogen-bond acceptors (Lipinski definition) is 3. The quantitative estimate of drug-likeness (QED) is 0.778. The Morgan fingerprint density at radius 3 is 2.96 bits per heavy atom. The van der Waals surface area contributed by atoms with E-state index in [4.69, 9.17) is 9.40 Å². The Bertz CT molecular complexity index is 847. The van der Waals surface area contributed by atoms with E-state index in [-0.39, 0.29) is 11.9 Å². The van der Waals surface area contributed by atoms with Gasteiger partial charge in [0, 0.05) is 19.4 Å². The molecule has 1 amide bonds. The number of H-pyrrole nitrogens is 1. The minimum Gasteiger partial charge on any atom is -0.466 e. The highest BCUT2D eigenvalue weighted by molar-refractivity contribution is 5.78. The van der Waals surface area contributed by atoms with Crippen molar-refractivity contribution in [3.05, 3.63) is 53.7 Å². The average molecular weight is 337 g/mol. The Kier molecular flexibility index (Phi) is 4.30. The van der Waals surface area contributed by atoms with Crippen molar-refractivity contribution in [1.82, 2.24) is 14.9 Å². The molecule has 5 heteroatoms.